The Kier molecular flexibility index (Phi) is 4.32. The lowest BCUT2D eigenvalue weighted by atomic mass is 10.0. The van der Waals surface area contributed by atoms with Crippen LogP contribution < -0.4 is 15.4 Å². The van der Waals surface area contributed by atoms with E-state index in [9.17, 15) is 0 Å². The molecule has 4 heteroatoms. The van der Waals surface area contributed by atoms with Crippen molar-refractivity contribution in [3.05, 3.63) is 23.8 Å². The second-order valence-electron chi connectivity index (χ2n) is 5.33. The number of hydrogen-bond donors (Lipinski definition) is 1. The molecule has 0 radical (unpaired) electrons. The zero-order valence-electron chi connectivity index (χ0n) is 12.2. The van der Waals surface area contributed by atoms with Gasteiger partial charge < -0.3 is 20.1 Å². The third-order valence-corrected chi connectivity index (χ3v) is 3.64. The molecule has 0 saturated carbocycles. The summed E-state index contributed by atoms with van der Waals surface area (Å²) in [6.45, 7) is 7.90. The molecule has 2 unspecified atom stereocenters. The fourth-order valence-corrected chi connectivity index (χ4v) is 2.66. The molecule has 3 atom stereocenters. The highest BCUT2D eigenvalue weighted by Gasteiger charge is 2.27. The van der Waals surface area contributed by atoms with Gasteiger partial charge in [0, 0.05) is 29.9 Å². The van der Waals surface area contributed by atoms with Gasteiger partial charge in [-0.1, -0.05) is 6.07 Å². The lowest BCUT2D eigenvalue weighted by Crippen LogP contribution is -2.48. The van der Waals surface area contributed by atoms with Crippen molar-refractivity contribution in [2.45, 2.75) is 39.0 Å². The summed E-state index contributed by atoms with van der Waals surface area (Å²) >= 11 is 0. The summed E-state index contributed by atoms with van der Waals surface area (Å²) in [6.07, 6.45) is 0.239. The van der Waals surface area contributed by atoms with Crippen molar-refractivity contribution in [1.82, 2.24) is 0 Å². The number of hydrogen-bond acceptors (Lipinski definition) is 4. The molecular weight excluding hydrogens is 240 g/mol. The van der Waals surface area contributed by atoms with Crippen molar-refractivity contribution in [3.63, 3.8) is 0 Å². The van der Waals surface area contributed by atoms with Crippen molar-refractivity contribution in [3.8, 4) is 5.75 Å². The van der Waals surface area contributed by atoms with E-state index in [4.69, 9.17) is 15.2 Å². The van der Waals surface area contributed by atoms with E-state index in [2.05, 4.69) is 24.8 Å². The molecule has 0 bridgehead atoms. The summed E-state index contributed by atoms with van der Waals surface area (Å²) in [5.74, 6) is 0.860. The Morgan fingerprint density at radius 1 is 1.42 bits per heavy atom. The highest BCUT2D eigenvalue weighted by Crippen LogP contribution is 2.35. The number of nitrogens with zero attached hydrogens (tertiary/aromatic N) is 1. The average molecular weight is 264 g/mol. The predicted octanol–water partition coefficient (Wildman–Crippen LogP) is 2.33. The molecular formula is C15H24N2O2. The molecule has 0 aliphatic carbocycles. The van der Waals surface area contributed by atoms with Gasteiger partial charge in [-0.3, -0.25) is 0 Å². The van der Waals surface area contributed by atoms with E-state index >= 15 is 0 Å². The highest BCUT2D eigenvalue weighted by atomic mass is 16.5. The number of methoxy groups -OCH3 is 1. The third-order valence-electron chi connectivity index (χ3n) is 3.64. The summed E-state index contributed by atoms with van der Waals surface area (Å²) in [6, 6.07) is 6.40. The van der Waals surface area contributed by atoms with Crippen LogP contribution in [-0.2, 0) is 4.74 Å². The number of benzene rings is 1. The van der Waals surface area contributed by atoms with Gasteiger partial charge >= 0.3 is 0 Å². The van der Waals surface area contributed by atoms with Crippen LogP contribution in [0.3, 0.4) is 0 Å². The lowest BCUT2D eigenvalue weighted by Gasteiger charge is -2.40. The Hall–Kier alpha value is -1.26. The number of morpholine rings is 1. The summed E-state index contributed by atoms with van der Waals surface area (Å²) in [5.41, 5.74) is 8.38. The maximum Gasteiger partial charge on any atom is 0.125 e. The van der Waals surface area contributed by atoms with E-state index < -0.39 is 0 Å². The largest absolute Gasteiger partial charge is 0.496 e. The van der Waals surface area contributed by atoms with Crippen LogP contribution in [0, 0.1) is 0 Å². The van der Waals surface area contributed by atoms with E-state index in [1.54, 1.807) is 7.11 Å². The molecule has 1 fully saturated rings. The van der Waals surface area contributed by atoms with Gasteiger partial charge in [0.05, 0.1) is 19.8 Å². The third kappa shape index (κ3) is 2.85. The van der Waals surface area contributed by atoms with E-state index in [-0.39, 0.29) is 12.1 Å². The highest BCUT2D eigenvalue weighted by molar-refractivity contribution is 5.61. The second kappa shape index (κ2) is 5.80. The zero-order chi connectivity index (χ0) is 14.0. The van der Waals surface area contributed by atoms with E-state index in [0.29, 0.717) is 6.04 Å². The molecule has 4 nitrogen and oxygen atoms in total. The fraction of sp³-hybridized carbons (Fsp3) is 0.600. The van der Waals surface area contributed by atoms with Crippen LogP contribution in [0.5, 0.6) is 5.75 Å². The van der Waals surface area contributed by atoms with Crippen molar-refractivity contribution in [1.29, 1.82) is 0 Å². The molecule has 1 aromatic carbocycles. The first-order valence-corrected chi connectivity index (χ1v) is 6.85. The monoisotopic (exact) mass is 264 g/mol. The van der Waals surface area contributed by atoms with Gasteiger partial charge in [-0.25, -0.2) is 0 Å². The maximum absolute atomic E-state index is 6.14. The topological polar surface area (TPSA) is 47.7 Å². The molecule has 1 aliphatic heterocycles. The first kappa shape index (κ1) is 14.2. The van der Waals surface area contributed by atoms with Crippen LogP contribution >= 0.6 is 0 Å². The minimum atomic E-state index is -0.0588. The standard InChI is InChI=1S/C15H24N2O2/c1-10-9-19-11(2)8-17(10)13-6-5-7-14(18-4)15(13)12(3)16/h5-7,10-12H,8-9,16H2,1-4H3/t10?,11?,12-/m1/s1. The summed E-state index contributed by atoms with van der Waals surface area (Å²) < 4.78 is 11.2. The SMILES string of the molecule is COc1cccc(N2CC(C)OCC2C)c1[C@@H](C)N. The first-order valence-electron chi connectivity index (χ1n) is 6.85. The Bertz CT molecular complexity index is 434. The molecule has 19 heavy (non-hydrogen) atoms. The van der Waals surface area contributed by atoms with Crippen LogP contribution in [0.15, 0.2) is 18.2 Å². The molecule has 0 amide bonds. The van der Waals surface area contributed by atoms with Crippen LogP contribution in [0.2, 0.25) is 0 Å². The lowest BCUT2D eigenvalue weighted by molar-refractivity contribution is 0.0343. The summed E-state index contributed by atoms with van der Waals surface area (Å²) in [4.78, 5) is 2.37. The van der Waals surface area contributed by atoms with E-state index in [1.807, 2.05) is 19.1 Å². The number of nitrogens with two attached hydrogens (primary N) is 1. The molecule has 1 saturated heterocycles. The molecule has 106 valence electrons. The summed E-state index contributed by atoms with van der Waals surface area (Å²) in [7, 11) is 1.69. The molecule has 0 spiro atoms. The Balaban J connectivity index is 2.43. The minimum Gasteiger partial charge on any atom is -0.496 e. The number of ether oxygens (including phenoxy) is 2. The molecule has 2 rings (SSSR count). The fourth-order valence-electron chi connectivity index (χ4n) is 2.66. The Morgan fingerprint density at radius 3 is 2.79 bits per heavy atom. The summed E-state index contributed by atoms with van der Waals surface area (Å²) in [5, 5.41) is 0. The van der Waals surface area contributed by atoms with Crippen molar-refractivity contribution >= 4 is 5.69 Å². The quantitative estimate of drug-likeness (QED) is 0.910. The van der Waals surface area contributed by atoms with E-state index in [1.165, 1.54) is 0 Å². The smallest absolute Gasteiger partial charge is 0.125 e. The van der Waals surface area contributed by atoms with Gasteiger partial charge in [0.2, 0.25) is 0 Å². The normalized spacial score (nSPS) is 25.2. The Morgan fingerprint density at radius 2 is 2.16 bits per heavy atom. The van der Waals surface area contributed by atoms with Gasteiger partial charge in [-0.2, -0.15) is 0 Å². The zero-order valence-corrected chi connectivity index (χ0v) is 12.2. The molecule has 1 aromatic rings. The maximum atomic E-state index is 6.14. The van der Waals surface area contributed by atoms with Gasteiger partial charge in [0.15, 0.2) is 0 Å². The van der Waals surface area contributed by atoms with E-state index in [0.717, 1.165) is 30.2 Å². The minimum absolute atomic E-state index is 0.0588. The van der Waals surface area contributed by atoms with Crippen molar-refractivity contribution in [2.24, 2.45) is 5.73 Å². The predicted molar refractivity (Wildman–Crippen MR) is 77.8 cm³/mol. The van der Waals surface area contributed by atoms with Crippen LogP contribution in [0.25, 0.3) is 0 Å². The van der Waals surface area contributed by atoms with Crippen molar-refractivity contribution < 1.29 is 9.47 Å². The van der Waals surface area contributed by atoms with Gasteiger partial charge in [-0.05, 0) is 32.9 Å². The van der Waals surface area contributed by atoms with Gasteiger partial charge in [0.25, 0.3) is 0 Å². The molecule has 1 heterocycles. The molecule has 2 N–H and O–H groups in total. The number of anilines is 1. The van der Waals surface area contributed by atoms with Crippen LogP contribution in [0.1, 0.15) is 32.4 Å². The van der Waals surface area contributed by atoms with Crippen LogP contribution in [-0.4, -0.2) is 32.4 Å². The van der Waals surface area contributed by atoms with Crippen molar-refractivity contribution in [2.75, 3.05) is 25.2 Å². The van der Waals surface area contributed by atoms with Gasteiger partial charge in [-0.15, -0.1) is 0 Å². The van der Waals surface area contributed by atoms with Gasteiger partial charge in [0.1, 0.15) is 5.75 Å². The molecule has 0 aromatic heterocycles. The van der Waals surface area contributed by atoms with Crippen LogP contribution in [0.4, 0.5) is 5.69 Å². The first-order chi connectivity index (χ1) is 9.04. The Labute approximate surface area is 115 Å². The second-order valence-corrected chi connectivity index (χ2v) is 5.33. The molecule has 1 aliphatic rings. The average Bonchev–Trinajstić information content (AvgIpc) is 2.40. The number of rotatable bonds is 3.